The van der Waals surface area contributed by atoms with Crippen LogP contribution in [0.1, 0.15) is 67.7 Å². The molecule has 0 spiro atoms. The second kappa shape index (κ2) is 6.19. The van der Waals surface area contributed by atoms with Crippen LogP contribution in [0.5, 0.6) is 0 Å². The van der Waals surface area contributed by atoms with Crippen molar-refractivity contribution >= 4 is 0 Å². The molecule has 0 heterocycles. The first-order valence-corrected chi connectivity index (χ1v) is 6.91. The van der Waals surface area contributed by atoms with Crippen LogP contribution in [0.25, 0.3) is 0 Å². The van der Waals surface area contributed by atoms with Gasteiger partial charge in [-0.15, -0.1) is 0 Å². The van der Waals surface area contributed by atoms with Crippen molar-refractivity contribution in [3.8, 4) is 0 Å². The van der Waals surface area contributed by atoms with Crippen LogP contribution in [0, 0.1) is 5.41 Å². The number of hydrogen-bond donors (Lipinski definition) is 1. The molecule has 0 rings (SSSR count). The zero-order valence-corrected chi connectivity index (χ0v) is 13.2. The van der Waals surface area contributed by atoms with Crippen LogP contribution in [0.2, 0.25) is 0 Å². The van der Waals surface area contributed by atoms with E-state index in [0.717, 1.165) is 13.0 Å². The van der Waals surface area contributed by atoms with Crippen molar-refractivity contribution in [3.63, 3.8) is 0 Å². The number of hydrogen-bond acceptors (Lipinski definition) is 2. The maximum absolute atomic E-state index is 6.14. The van der Waals surface area contributed by atoms with E-state index in [1.165, 1.54) is 12.8 Å². The SMILES string of the molecule is CCCC(C)(C)C(C)(C)OCCC(C)(C)NC. The number of rotatable bonds is 8. The lowest BCUT2D eigenvalue weighted by atomic mass is 9.74. The van der Waals surface area contributed by atoms with Gasteiger partial charge in [0.1, 0.15) is 0 Å². The van der Waals surface area contributed by atoms with Gasteiger partial charge in [0.25, 0.3) is 0 Å². The summed E-state index contributed by atoms with van der Waals surface area (Å²) in [6.45, 7) is 16.5. The summed E-state index contributed by atoms with van der Waals surface area (Å²) in [5, 5.41) is 3.31. The maximum atomic E-state index is 6.14. The molecular weight excluding hydrogens is 210 g/mol. The van der Waals surface area contributed by atoms with Crippen molar-refractivity contribution < 1.29 is 4.74 Å². The highest BCUT2D eigenvalue weighted by Gasteiger charge is 2.37. The molecule has 0 unspecified atom stereocenters. The second-order valence-electron chi connectivity index (χ2n) is 6.88. The average molecular weight is 243 g/mol. The Morgan fingerprint density at radius 3 is 1.88 bits per heavy atom. The van der Waals surface area contributed by atoms with Crippen molar-refractivity contribution in [2.45, 2.75) is 78.9 Å². The lowest BCUT2D eigenvalue weighted by Crippen LogP contribution is -2.44. The van der Waals surface area contributed by atoms with Gasteiger partial charge in [0.15, 0.2) is 0 Å². The Kier molecular flexibility index (Phi) is 6.16. The zero-order chi connectivity index (χ0) is 13.7. The minimum absolute atomic E-state index is 0.0627. The minimum Gasteiger partial charge on any atom is -0.375 e. The summed E-state index contributed by atoms with van der Waals surface area (Å²) in [7, 11) is 2.01. The molecule has 0 saturated heterocycles. The molecule has 0 saturated carbocycles. The Labute approximate surface area is 109 Å². The zero-order valence-electron chi connectivity index (χ0n) is 13.2. The molecule has 104 valence electrons. The van der Waals surface area contributed by atoms with Crippen LogP contribution >= 0.6 is 0 Å². The molecule has 0 aliphatic carbocycles. The van der Waals surface area contributed by atoms with Crippen LogP contribution in [0.4, 0.5) is 0 Å². The van der Waals surface area contributed by atoms with Gasteiger partial charge in [0, 0.05) is 12.1 Å². The summed E-state index contributed by atoms with van der Waals surface area (Å²) >= 11 is 0. The molecule has 0 aromatic heterocycles. The first-order valence-electron chi connectivity index (χ1n) is 6.91. The fourth-order valence-corrected chi connectivity index (χ4v) is 1.81. The Balaban J connectivity index is 4.27. The van der Waals surface area contributed by atoms with E-state index in [-0.39, 0.29) is 16.6 Å². The third-order valence-electron chi connectivity index (χ3n) is 4.37. The van der Waals surface area contributed by atoms with Gasteiger partial charge >= 0.3 is 0 Å². The molecule has 2 nitrogen and oxygen atoms in total. The minimum atomic E-state index is -0.0627. The van der Waals surface area contributed by atoms with E-state index in [9.17, 15) is 0 Å². The molecule has 0 atom stereocenters. The first kappa shape index (κ1) is 16.9. The predicted molar refractivity (Wildman–Crippen MR) is 76.5 cm³/mol. The van der Waals surface area contributed by atoms with Gasteiger partial charge in [-0.3, -0.25) is 0 Å². The fraction of sp³-hybridized carbons (Fsp3) is 1.00. The molecule has 17 heavy (non-hydrogen) atoms. The highest BCUT2D eigenvalue weighted by atomic mass is 16.5. The molecular formula is C15H33NO. The summed E-state index contributed by atoms with van der Waals surface area (Å²) in [6, 6.07) is 0. The largest absolute Gasteiger partial charge is 0.375 e. The van der Waals surface area contributed by atoms with Crippen LogP contribution in [-0.4, -0.2) is 24.8 Å². The molecule has 2 heteroatoms. The third kappa shape index (κ3) is 5.39. The molecule has 0 aromatic rings. The van der Waals surface area contributed by atoms with Crippen LogP contribution in [-0.2, 0) is 4.74 Å². The third-order valence-corrected chi connectivity index (χ3v) is 4.37. The van der Waals surface area contributed by atoms with Gasteiger partial charge < -0.3 is 10.1 Å². The van der Waals surface area contributed by atoms with Crippen LogP contribution < -0.4 is 5.32 Å². The quantitative estimate of drug-likeness (QED) is 0.696. The van der Waals surface area contributed by atoms with Gasteiger partial charge in [-0.05, 0) is 53.0 Å². The highest BCUT2D eigenvalue weighted by molar-refractivity contribution is 4.87. The topological polar surface area (TPSA) is 21.3 Å². The Morgan fingerprint density at radius 1 is 0.941 bits per heavy atom. The van der Waals surface area contributed by atoms with Crippen molar-refractivity contribution in [1.82, 2.24) is 5.32 Å². The molecule has 0 aliphatic rings. The fourth-order valence-electron chi connectivity index (χ4n) is 1.81. The van der Waals surface area contributed by atoms with E-state index in [2.05, 4.69) is 53.8 Å². The molecule has 0 bridgehead atoms. The summed E-state index contributed by atoms with van der Waals surface area (Å²) in [6.07, 6.45) is 3.45. The van der Waals surface area contributed by atoms with E-state index < -0.39 is 0 Å². The van der Waals surface area contributed by atoms with Crippen molar-refractivity contribution in [2.24, 2.45) is 5.41 Å². The molecule has 1 N–H and O–H groups in total. The average Bonchev–Trinajstić information content (AvgIpc) is 2.16. The second-order valence-corrected chi connectivity index (χ2v) is 6.88. The van der Waals surface area contributed by atoms with E-state index in [1.807, 2.05) is 7.05 Å². The van der Waals surface area contributed by atoms with Gasteiger partial charge in [-0.2, -0.15) is 0 Å². The molecule has 0 radical (unpaired) electrons. The number of ether oxygens (including phenoxy) is 1. The lowest BCUT2D eigenvalue weighted by Gasteiger charge is -2.42. The van der Waals surface area contributed by atoms with E-state index >= 15 is 0 Å². The molecule has 0 amide bonds. The summed E-state index contributed by atoms with van der Waals surface area (Å²) < 4.78 is 6.14. The summed E-state index contributed by atoms with van der Waals surface area (Å²) in [5.74, 6) is 0. The summed E-state index contributed by atoms with van der Waals surface area (Å²) in [4.78, 5) is 0. The normalized spacial score (nSPS) is 14.1. The van der Waals surface area contributed by atoms with E-state index in [0.29, 0.717) is 0 Å². The first-order chi connectivity index (χ1) is 7.58. The van der Waals surface area contributed by atoms with Crippen molar-refractivity contribution in [2.75, 3.05) is 13.7 Å². The van der Waals surface area contributed by atoms with Gasteiger partial charge in [-0.1, -0.05) is 27.2 Å². The van der Waals surface area contributed by atoms with E-state index in [1.54, 1.807) is 0 Å². The number of nitrogens with one attached hydrogen (secondary N) is 1. The van der Waals surface area contributed by atoms with Crippen molar-refractivity contribution in [1.29, 1.82) is 0 Å². The molecule has 0 aliphatic heterocycles. The maximum Gasteiger partial charge on any atom is 0.0677 e. The molecule has 0 fully saturated rings. The van der Waals surface area contributed by atoms with Gasteiger partial charge in [0.2, 0.25) is 0 Å². The van der Waals surface area contributed by atoms with Gasteiger partial charge in [-0.25, -0.2) is 0 Å². The van der Waals surface area contributed by atoms with E-state index in [4.69, 9.17) is 4.74 Å². The Hall–Kier alpha value is -0.0800. The van der Waals surface area contributed by atoms with Crippen LogP contribution in [0.3, 0.4) is 0 Å². The predicted octanol–water partition coefficient (Wildman–Crippen LogP) is 4.00. The highest BCUT2D eigenvalue weighted by Crippen LogP contribution is 2.38. The monoisotopic (exact) mass is 243 g/mol. The smallest absolute Gasteiger partial charge is 0.0677 e. The Bertz CT molecular complexity index is 219. The van der Waals surface area contributed by atoms with Crippen LogP contribution in [0.15, 0.2) is 0 Å². The van der Waals surface area contributed by atoms with Gasteiger partial charge in [0.05, 0.1) is 5.60 Å². The Morgan fingerprint density at radius 2 is 1.47 bits per heavy atom. The lowest BCUT2D eigenvalue weighted by molar-refractivity contribution is -0.105. The van der Waals surface area contributed by atoms with Crippen molar-refractivity contribution in [3.05, 3.63) is 0 Å². The standard InChI is InChI=1S/C15H33NO/c1-9-10-13(2,3)15(6,7)17-12-11-14(4,5)16-8/h16H,9-12H2,1-8H3. The molecule has 0 aromatic carbocycles. The summed E-state index contributed by atoms with van der Waals surface area (Å²) in [5.41, 5.74) is 0.323.